The molecular weight excluding hydrogens is 312 g/mol. The van der Waals surface area contributed by atoms with Crippen LogP contribution in [-0.4, -0.2) is 47.8 Å². The summed E-state index contributed by atoms with van der Waals surface area (Å²) in [5.74, 6) is -1.96. The van der Waals surface area contributed by atoms with Gasteiger partial charge in [-0.1, -0.05) is 6.08 Å². The largest absolute Gasteiger partial charge is 0.452 e. The highest BCUT2D eigenvalue weighted by Crippen LogP contribution is 2.24. The number of rotatable bonds is 6. The fourth-order valence-electron chi connectivity index (χ4n) is 2.42. The Kier molecular flexibility index (Phi) is 4.16. The first kappa shape index (κ1) is 15.9. The van der Waals surface area contributed by atoms with E-state index in [4.69, 9.17) is 4.74 Å². The third-order valence-corrected chi connectivity index (χ3v) is 3.79. The quantitative estimate of drug-likeness (QED) is 0.476. The van der Waals surface area contributed by atoms with Gasteiger partial charge in [0.2, 0.25) is 0 Å². The van der Waals surface area contributed by atoms with Crippen molar-refractivity contribution in [1.82, 2.24) is 10.2 Å². The van der Waals surface area contributed by atoms with Gasteiger partial charge in [0.05, 0.1) is 16.7 Å². The summed E-state index contributed by atoms with van der Waals surface area (Å²) >= 11 is 0. The molecule has 0 spiro atoms. The molecule has 1 saturated carbocycles. The summed E-state index contributed by atoms with van der Waals surface area (Å²) in [7, 11) is 0. The van der Waals surface area contributed by atoms with Crippen LogP contribution in [0.4, 0.5) is 0 Å². The van der Waals surface area contributed by atoms with Crippen LogP contribution in [0.25, 0.3) is 0 Å². The van der Waals surface area contributed by atoms with Crippen molar-refractivity contribution < 1.29 is 23.9 Å². The SMILES string of the molecule is C=CCN1C(=O)c2ccc(C(=O)OCC(=O)NC3CC3)cc2C1=O. The summed E-state index contributed by atoms with van der Waals surface area (Å²) in [6, 6.07) is 4.33. The molecule has 1 aliphatic heterocycles. The van der Waals surface area contributed by atoms with Crippen LogP contribution in [-0.2, 0) is 9.53 Å². The molecule has 0 bridgehead atoms. The van der Waals surface area contributed by atoms with Gasteiger partial charge < -0.3 is 10.1 Å². The van der Waals surface area contributed by atoms with Crippen LogP contribution in [0.3, 0.4) is 0 Å². The standard InChI is InChI=1S/C17H16N2O5/c1-2-7-19-15(21)12-6-3-10(8-13(12)16(19)22)17(23)24-9-14(20)18-11-4-5-11/h2-3,6,8,11H,1,4-5,7,9H2,(H,18,20). The lowest BCUT2D eigenvalue weighted by Gasteiger charge is -2.09. The van der Waals surface area contributed by atoms with Gasteiger partial charge in [-0.3, -0.25) is 19.3 Å². The van der Waals surface area contributed by atoms with Crippen LogP contribution in [0, 0.1) is 0 Å². The Balaban J connectivity index is 1.69. The Bertz CT molecular complexity index is 751. The molecule has 0 unspecified atom stereocenters. The van der Waals surface area contributed by atoms with Gasteiger partial charge in [0.15, 0.2) is 6.61 Å². The maximum Gasteiger partial charge on any atom is 0.338 e. The fourth-order valence-corrected chi connectivity index (χ4v) is 2.42. The Morgan fingerprint density at radius 2 is 1.96 bits per heavy atom. The second kappa shape index (κ2) is 6.27. The molecule has 124 valence electrons. The van der Waals surface area contributed by atoms with E-state index in [0.29, 0.717) is 0 Å². The first-order valence-electron chi connectivity index (χ1n) is 7.59. The topological polar surface area (TPSA) is 92.8 Å². The summed E-state index contributed by atoms with van der Waals surface area (Å²) in [5, 5.41) is 2.70. The smallest absolute Gasteiger partial charge is 0.338 e. The number of carbonyl (C=O) groups excluding carboxylic acids is 4. The number of benzene rings is 1. The Hall–Kier alpha value is -2.96. The van der Waals surface area contributed by atoms with Crippen LogP contribution >= 0.6 is 0 Å². The molecule has 3 rings (SSSR count). The minimum absolute atomic E-state index is 0.105. The summed E-state index contributed by atoms with van der Waals surface area (Å²) < 4.78 is 4.94. The molecule has 0 saturated heterocycles. The van der Waals surface area contributed by atoms with Crippen molar-refractivity contribution >= 4 is 23.7 Å². The average Bonchev–Trinajstić information content (AvgIpc) is 3.36. The van der Waals surface area contributed by atoms with Gasteiger partial charge in [0.25, 0.3) is 17.7 Å². The minimum atomic E-state index is -0.717. The summed E-state index contributed by atoms with van der Waals surface area (Å²) in [5.41, 5.74) is 0.512. The molecule has 1 aromatic carbocycles. The average molecular weight is 328 g/mol. The molecule has 1 heterocycles. The maximum absolute atomic E-state index is 12.2. The van der Waals surface area contributed by atoms with Crippen molar-refractivity contribution in [1.29, 1.82) is 0 Å². The van der Waals surface area contributed by atoms with E-state index in [1.54, 1.807) is 0 Å². The normalized spacial score (nSPS) is 15.9. The number of esters is 1. The number of nitrogens with one attached hydrogen (secondary N) is 1. The van der Waals surface area contributed by atoms with Crippen LogP contribution in [0.2, 0.25) is 0 Å². The first-order valence-corrected chi connectivity index (χ1v) is 7.59. The monoisotopic (exact) mass is 328 g/mol. The number of hydrogen-bond donors (Lipinski definition) is 1. The molecule has 3 amide bonds. The van der Waals surface area contributed by atoms with E-state index >= 15 is 0 Å². The van der Waals surface area contributed by atoms with Gasteiger partial charge in [-0.15, -0.1) is 6.58 Å². The second-order valence-electron chi connectivity index (χ2n) is 5.69. The van der Waals surface area contributed by atoms with Crippen molar-refractivity contribution in [3.63, 3.8) is 0 Å². The maximum atomic E-state index is 12.2. The highest BCUT2D eigenvalue weighted by molar-refractivity contribution is 6.22. The van der Waals surface area contributed by atoms with Gasteiger partial charge in [0, 0.05) is 12.6 Å². The summed E-state index contributed by atoms with van der Waals surface area (Å²) in [6.45, 7) is 3.24. The Morgan fingerprint density at radius 3 is 2.62 bits per heavy atom. The highest BCUT2D eigenvalue weighted by Gasteiger charge is 2.35. The molecule has 0 aromatic heterocycles. The van der Waals surface area contributed by atoms with Crippen molar-refractivity contribution in [2.75, 3.05) is 13.2 Å². The Labute approximate surface area is 138 Å². The molecule has 7 heteroatoms. The molecule has 1 N–H and O–H groups in total. The van der Waals surface area contributed by atoms with Gasteiger partial charge >= 0.3 is 5.97 Å². The molecule has 1 aliphatic carbocycles. The van der Waals surface area contributed by atoms with Crippen LogP contribution in [0.5, 0.6) is 0 Å². The molecule has 1 aromatic rings. The van der Waals surface area contributed by atoms with Crippen LogP contribution in [0.1, 0.15) is 43.9 Å². The molecule has 0 atom stereocenters. The van der Waals surface area contributed by atoms with Gasteiger partial charge in [-0.2, -0.15) is 0 Å². The van der Waals surface area contributed by atoms with E-state index < -0.39 is 17.8 Å². The number of nitrogens with zero attached hydrogens (tertiary/aromatic N) is 1. The predicted molar refractivity (Wildman–Crippen MR) is 83.5 cm³/mol. The molecule has 7 nitrogen and oxygen atoms in total. The second-order valence-corrected chi connectivity index (χ2v) is 5.69. The molecule has 24 heavy (non-hydrogen) atoms. The van der Waals surface area contributed by atoms with Crippen molar-refractivity contribution in [3.05, 3.63) is 47.5 Å². The number of ether oxygens (including phenoxy) is 1. The van der Waals surface area contributed by atoms with E-state index in [9.17, 15) is 19.2 Å². The number of amides is 3. The van der Waals surface area contributed by atoms with Crippen molar-refractivity contribution in [2.45, 2.75) is 18.9 Å². The van der Waals surface area contributed by atoms with E-state index in [1.807, 2.05) is 0 Å². The highest BCUT2D eigenvalue weighted by atomic mass is 16.5. The number of imide groups is 1. The zero-order chi connectivity index (χ0) is 17.3. The molecular formula is C17H16N2O5. The third-order valence-electron chi connectivity index (χ3n) is 3.79. The van der Waals surface area contributed by atoms with E-state index in [2.05, 4.69) is 11.9 Å². The van der Waals surface area contributed by atoms with Gasteiger partial charge in [0.1, 0.15) is 0 Å². The van der Waals surface area contributed by atoms with Crippen molar-refractivity contribution in [2.24, 2.45) is 0 Å². The molecule has 0 radical (unpaired) electrons. The summed E-state index contributed by atoms with van der Waals surface area (Å²) in [4.78, 5) is 48.9. The lowest BCUT2D eigenvalue weighted by atomic mass is 10.1. The zero-order valence-corrected chi connectivity index (χ0v) is 12.9. The van der Waals surface area contributed by atoms with E-state index in [1.165, 1.54) is 24.3 Å². The third kappa shape index (κ3) is 3.05. The zero-order valence-electron chi connectivity index (χ0n) is 12.9. The molecule has 1 fully saturated rings. The predicted octanol–water partition coefficient (Wildman–Crippen LogP) is 0.904. The Morgan fingerprint density at radius 1 is 1.25 bits per heavy atom. The number of hydrogen-bond acceptors (Lipinski definition) is 5. The number of fused-ring (bicyclic) bond motifs is 1. The molecule has 2 aliphatic rings. The van der Waals surface area contributed by atoms with Crippen LogP contribution < -0.4 is 5.32 Å². The lowest BCUT2D eigenvalue weighted by Crippen LogP contribution is -2.30. The van der Waals surface area contributed by atoms with E-state index in [0.717, 1.165) is 17.7 Å². The van der Waals surface area contributed by atoms with E-state index in [-0.39, 0.29) is 41.8 Å². The number of carbonyl (C=O) groups is 4. The minimum Gasteiger partial charge on any atom is -0.452 e. The van der Waals surface area contributed by atoms with Gasteiger partial charge in [-0.05, 0) is 31.0 Å². The van der Waals surface area contributed by atoms with Crippen molar-refractivity contribution in [3.8, 4) is 0 Å². The van der Waals surface area contributed by atoms with Crippen LogP contribution in [0.15, 0.2) is 30.9 Å². The fraction of sp³-hybridized carbons (Fsp3) is 0.294. The summed E-state index contributed by atoms with van der Waals surface area (Å²) in [6.07, 6.45) is 3.35. The lowest BCUT2D eigenvalue weighted by molar-refractivity contribution is -0.124. The van der Waals surface area contributed by atoms with Gasteiger partial charge in [-0.25, -0.2) is 4.79 Å². The first-order chi connectivity index (χ1) is 11.5.